The van der Waals surface area contributed by atoms with E-state index in [4.69, 9.17) is 5.11 Å². The summed E-state index contributed by atoms with van der Waals surface area (Å²) in [6.07, 6.45) is 5.93. The molecule has 1 saturated heterocycles. The van der Waals surface area contributed by atoms with Crippen LogP contribution >= 0.6 is 0 Å². The molecule has 1 heterocycles. The number of nitrogens with one attached hydrogen (secondary N) is 1. The van der Waals surface area contributed by atoms with Gasteiger partial charge in [0.25, 0.3) is 5.91 Å². The molecular weight excluding hydrogens is 306 g/mol. The zero-order valence-electron chi connectivity index (χ0n) is 13.7. The van der Waals surface area contributed by atoms with Crippen molar-refractivity contribution < 1.29 is 14.7 Å². The average Bonchev–Trinajstić information content (AvgIpc) is 2.60. The lowest BCUT2D eigenvalue weighted by molar-refractivity contribution is -0.112. The van der Waals surface area contributed by atoms with Gasteiger partial charge in [-0.3, -0.25) is 4.79 Å². The molecule has 2 N–H and O–H groups in total. The second kappa shape index (κ2) is 8.16. The minimum atomic E-state index is -1.03. The van der Waals surface area contributed by atoms with Crippen LogP contribution in [0.5, 0.6) is 0 Å². The first-order chi connectivity index (χ1) is 11.5. The summed E-state index contributed by atoms with van der Waals surface area (Å²) >= 11 is 0. The lowest BCUT2D eigenvalue weighted by atomic mass is 10.0. The van der Waals surface area contributed by atoms with Crippen LogP contribution < -0.4 is 5.32 Å². The Morgan fingerprint density at radius 3 is 2.67 bits per heavy atom. The first-order valence-electron chi connectivity index (χ1n) is 8.07. The number of rotatable bonds is 5. The highest BCUT2D eigenvalue weighted by atomic mass is 16.4. The van der Waals surface area contributed by atoms with E-state index in [2.05, 4.69) is 17.1 Å². The van der Waals surface area contributed by atoms with E-state index < -0.39 is 11.9 Å². The number of carbonyl (C=O) groups excluding carboxylic acids is 1. The number of nitriles is 1. The van der Waals surface area contributed by atoms with Gasteiger partial charge in [0.05, 0.1) is 5.56 Å². The Hall–Kier alpha value is -2.81. The van der Waals surface area contributed by atoms with Gasteiger partial charge in [0, 0.05) is 24.5 Å². The molecule has 1 atom stereocenters. The maximum atomic E-state index is 12.3. The van der Waals surface area contributed by atoms with E-state index in [9.17, 15) is 14.9 Å². The molecule has 1 aliphatic rings. The Morgan fingerprint density at radius 1 is 1.38 bits per heavy atom. The molecule has 0 radical (unpaired) electrons. The molecule has 1 aromatic carbocycles. The number of likely N-dealkylation sites (tertiary alicyclic amines) is 1. The molecule has 1 unspecified atom stereocenters. The molecule has 0 aromatic heterocycles. The summed E-state index contributed by atoms with van der Waals surface area (Å²) in [5, 5.41) is 20.8. The van der Waals surface area contributed by atoms with Crippen molar-refractivity contribution in [1.82, 2.24) is 4.90 Å². The molecule has 1 aromatic rings. The number of carboxylic acids is 1. The fourth-order valence-electron chi connectivity index (χ4n) is 2.83. The van der Waals surface area contributed by atoms with E-state index in [0.29, 0.717) is 11.7 Å². The molecule has 126 valence electrons. The number of piperidine rings is 1. The van der Waals surface area contributed by atoms with E-state index in [0.717, 1.165) is 25.8 Å². The molecule has 0 spiro atoms. The van der Waals surface area contributed by atoms with Gasteiger partial charge in [0.15, 0.2) is 0 Å². The number of benzene rings is 1. The number of aromatic carboxylic acids is 1. The summed E-state index contributed by atoms with van der Waals surface area (Å²) in [5.41, 5.74) is 0.651. The molecular formula is C18H21N3O3. The summed E-state index contributed by atoms with van der Waals surface area (Å²) in [6, 6.07) is 8.15. The van der Waals surface area contributed by atoms with Crippen LogP contribution in [0.3, 0.4) is 0 Å². The van der Waals surface area contributed by atoms with E-state index in [-0.39, 0.29) is 11.1 Å². The van der Waals surface area contributed by atoms with Gasteiger partial charge in [-0.25, -0.2) is 4.79 Å². The molecule has 0 aliphatic carbocycles. The SMILES string of the molecule is CCC1CCCCN1/C=C(/C#N)C(=O)Nc1ccc(C(=O)O)cc1. The van der Waals surface area contributed by atoms with Crippen LogP contribution in [-0.4, -0.2) is 34.5 Å². The molecule has 1 amide bonds. The zero-order valence-corrected chi connectivity index (χ0v) is 13.7. The van der Waals surface area contributed by atoms with Gasteiger partial charge in [-0.05, 0) is 49.9 Å². The zero-order chi connectivity index (χ0) is 17.5. The van der Waals surface area contributed by atoms with Crippen LogP contribution in [0.2, 0.25) is 0 Å². The summed E-state index contributed by atoms with van der Waals surface area (Å²) in [4.78, 5) is 25.2. The quantitative estimate of drug-likeness (QED) is 0.640. The van der Waals surface area contributed by atoms with E-state index in [1.54, 1.807) is 6.20 Å². The lowest BCUT2D eigenvalue weighted by Gasteiger charge is -2.34. The minimum Gasteiger partial charge on any atom is -0.478 e. The van der Waals surface area contributed by atoms with Crippen molar-refractivity contribution in [3.05, 3.63) is 41.6 Å². The number of carbonyl (C=O) groups is 2. The van der Waals surface area contributed by atoms with E-state index >= 15 is 0 Å². The first-order valence-corrected chi connectivity index (χ1v) is 8.07. The highest BCUT2D eigenvalue weighted by molar-refractivity contribution is 6.06. The minimum absolute atomic E-state index is 0.0534. The van der Waals surface area contributed by atoms with Crippen molar-refractivity contribution in [3.8, 4) is 6.07 Å². The van der Waals surface area contributed by atoms with Crippen molar-refractivity contribution in [3.63, 3.8) is 0 Å². The van der Waals surface area contributed by atoms with Crippen molar-refractivity contribution in [1.29, 1.82) is 5.26 Å². The highest BCUT2D eigenvalue weighted by Crippen LogP contribution is 2.21. The van der Waals surface area contributed by atoms with Crippen LogP contribution in [0.1, 0.15) is 43.0 Å². The number of nitrogens with zero attached hydrogens (tertiary/aromatic N) is 2. The number of hydrogen-bond acceptors (Lipinski definition) is 4. The van der Waals surface area contributed by atoms with E-state index in [1.165, 1.54) is 30.7 Å². The molecule has 0 saturated carbocycles. The number of anilines is 1. The Kier molecular flexibility index (Phi) is 5.96. The van der Waals surface area contributed by atoms with Gasteiger partial charge in [0.1, 0.15) is 11.6 Å². The smallest absolute Gasteiger partial charge is 0.335 e. The molecule has 1 aliphatic heterocycles. The molecule has 1 fully saturated rings. The van der Waals surface area contributed by atoms with Gasteiger partial charge in [-0.15, -0.1) is 0 Å². The van der Waals surface area contributed by atoms with Crippen LogP contribution in [0, 0.1) is 11.3 Å². The molecule has 24 heavy (non-hydrogen) atoms. The first kappa shape index (κ1) is 17.5. The predicted octanol–water partition coefficient (Wildman–Crippen LogP) is 3.00. The van der Waals surface area contributed by atoms with Crippen LogP contribution in [0.25, 0.3) is 0 Å². The Balaban J connectivity index is 2.09. The third-order valence-electron chi connectivity index (χ3n) is 4.19. The summed E-state index contributed by atoms with van der Waals surface area (Å²) in [6.45, 7) is 2.96. The monoisotopic (exact) mass is 327 g/mol. The van der Waals surface area contributed by atoms with Crippen molar-refractivity contribution in [2.75, 3.05) is 11.9 Å². The normalized spacial score (nSPS) is 17.9. The highest BCUT2D eigenvalue weighted by Gasteiger charge is 2.20. The maximum absolute atomic E-state index is 12.3. The standard InChI is InChI=1S/C18H21N3O3/c1-2-16-5-3-4-10-21(16)12-14(11-19)17(22)20-15-8-6-13(7-9-15)18(23)24/h6-9,12,16H,2-5,10H2,1H3,(H,20,22)(H,23,24)/b14-12-. The number of amides is 1. The topological polar surface area (TPSA) is 93.4 Å². The molecule has 6 nitrogen and oxygen atoms in total. The predicted molar refractivity (Wildman–Crippen MR) is 90.4 cm³/mol. The Morgan fingerprint density at radius 2 is 2.08 bits per heavy atom. The van der Waals surface area contributed by atoms with Crippen molar-refractivity contribution in [2.45, 2.75) is 38.6 Å². The van der Waals surface area contributed by atoms with Crippen LogP contribution in [0.4, 0.5) is 5.69 Å². The fraction of sp³-hybridized carbons (Fsp3) is 0.389. The fourth-order valence-corrected chi connectivity index (χ4v) is 2.83. The van der Waals surface area contributed by atoms with Gasteiger partial charge >= 0.3 is 5.97 Å². The lowest BCUT2D eigenvalue weighted by Crippen LogP contribution is -2.35. The summed E-state index contributed by atoms with van der Waals surface area (Å²) in [7, 11) is 0. The van der Waals surface area contributed by atoms with Crippen molar-refractivity contribution >= 4 is 17.6 Å². The summed E-state index contributed by atoms with van der Waals surface area (Å²) < 4.78 is 0. The third-order valence-corrected chi connectivity index (χ3v) is 4.19. The largest absolute Gasteiger partial charge is 0.478 e. The molecule has 6 heteroatoms. The third kappa shape index (κ3) is 4.35. The van der Waals surface area contributed by atoms with Crippen LogP contribution in [-0.2, 0) is 4.79 Å². The molecule has 0 bridgehead atoms. The second-order valence-corrected chi connectivity index (χ2v) is 5.79. The average molecular weight is 327 g/mol. The van der Waals surface area contributed by atoms with Gasteiger partial charge < -0.3 is 15.3 Å². The van der Waals surface area contributed by atoms with Gasteiger partial charge in [-0.2, -0.15) is 5.26 Å². The maximum Gasteiger partial charge on any atom is 0.335 e. The molecule has 2 rings (SSSR count). The van der Waals surface area contributed by atoms with Gasteiger partial charge in [-0.1, -0.05) is 6.92 Å². The van der Waals surface area contributed by atoms with Gasteiger partial charge in [0.2, 0.25) is 0 Å². The summed E-state index contributed by atoms with van der Waals surface area (Å²) in [5.74, 6) is -1.51. The van der Waals surface area contributed by atoms with Crippen molar-refractivity contribution in [2.24, 2.45) is 0 Å². The number of hydrogen-bond donors (Lipinski definition) is 2. The second-order valence-electron chi connectivity index (χ2n) is 5.79. The Labute approximate surface area is 141 Å². The van der Waals surface area contributed by atoms with E-state index in [1.807, 2.05) is 6.07 Å². The van der Waals surface area contributed by atoms with Crippen LogP contribution in [0.15, 0.2) is 36.0 Å². The Bertz CT molecular complexity index is 674. The number of carboxylic acid groups (broad SMARTS) is 1.